The summed E-state index contributed by atoms with van der Waals surface area (Å²) in [5.74, 6) is 3.25. The van der Waals surface area contributed by atoms with Gasteiger partial charge in [0.25, 0.3) is 0 Å². The zero-order chi connectivity index (χ0) is 21.8. The van der Waals surface area contributed by atoms with Crippen LogP contribution in [0, 0.1) is 13.8 Å². The first-order chi connectivity index (χ1) is 14.4. The third kappa shape index (κ3) is 4.12. The average Bonchev–Trinajstić information content (AvgIpc) is 3.01. The first-order valence-electron chi connectivity index (χ1n) is 10.2. The highest BCUT2D eigenvalue weighted by Crippen LogP contribution is 2.51. The Hall–Kier alpha value is -2.66. The lowest BCUT2D eigenvalue weighted by Gasteiger charge is -2.17. The molecule has 1 heterocycles. The van der Waals surface area contributed by atoms with E-state index in [9.17, 15) is 0 Å². The number of rotatable bonds is 8. The number of benzene rings is 2. The van der Waals surface area contributed by atoms with Crippen LogP contribution < -0.4 is 18.9 Å². The van der Waals surface area contributed by atoms with Gasteiger partial charge in [0.05, 0.1) is 38.1 Å². The molecule has 160 valence electrons. The fourth-order valence-electron chi connectivity index (χ4n) is 3.51. The monoisotopic (exact) mass is 426 g/mol. The maximum absolute atomic E-state index is 6.14. The van der Waals surface area contributed by atoms with Crippen molar-refractivity contribution in [2.24, 2.45) is 0 Å². The fraction of sp³-hybridized carbons (Fsp3) is 0.360. The topological polar surface area (TPSA) is 36.9 Å². The van der Waals surface area contributed by atoms with Gasteiger partial charge in [-0.05, 0) is 70.0 Å². The first-order valence-corrected chi connectivity index (χ1v) is 11.0. The minimum atomic E-state index is 0.0652. The molecule has 3 rings (SSSR count). The highest BCUT2D eigenvalue weighted by atomic mass is 32.1. The van der Waals surface area contributed by atoms with Crippen molar-refractivity contribution in [2.75, 3.05) is 20.8 Å². The molecule has 5 heteroatoms. The lowest BCUT2D eigenvalue weighted by Crippen LogP contribution is -2.07. The highest BCUT2D eigenvalue weighted by molar-refractivity contribution is 7.19. The Morgan fingerprint density at radius 1 is 0.767 bits per heavy atom. The Morgan fingerprint density at radius 3 is 1.70 bits per heavy atom. The van der Waals surface area contributed by atoms with Crippen molar-refractivity contribution in [1.82, 2.24) is 0 Å². The first kappa shape index (κ1) is 22.0. The van der Waals surface area contributed by atoms with E-state index in [2.05, 4.69) is 13.8 Å². The van der Waals surface area contributed by atoms with E-state index < -0.39 is 0 Å². The molecule has 0 unspecified atom stereocenters. The number of ether oxygens (including phenoxy) is 4. The zero-order valence-electron chi connectivity index (χ0n) is 18.8. The maximum Gasteiger partial charge on any atom is 0.132 e. The van der Waals surface area contributed by atoms with Crippen molar-refractivity contribution in [3.05, 3.63) is 47.5 Å². The molecule has 1 aromatic heterocycles. The van der Waals surface area contributed by atoms with E-state index in [1.54, 1.807) is 25.6 Å². The predicted octanol–water partition coefficient (Wildman–Crippen LogP) is 6.90. The molecule has 0 amide bonds. The minimum Gasteiger partial charge on any atom is -0.496 e. The summed E-state index contributed by atoms with van der Waals surface area (Å²) in [5, 5.41) is 0. The molecule has 0 aliphatic carbocycles. The van der Waals surface area contributed by atoms with Crippen molar-refractivity contribution >= 4 is 11.3 Å². The molecular weight excluding hydrogens is 396 g/mol. The molecule has 0 saturated carbocycles. The molecule has 0 fully saturated rings. The second-order valence-corrected chi connectivity index (χ2v) is 8.30. The summed E-state index contributed by atoms with van der Waals surface area (Å²) >= 11 is 1.71. The molecule has 0 saturated heterocycles. The van der Waals surface area contributed by atoms with Crippen LogP contribution in [0.5, 0.6) is 23.0 Å². The molecule has 2 aromatic carbocycles. The summed E-state index contributed by atoms with van der Waals surface area (Å²) in [7, 11) is 3.39. The van der Waals surface area contributed by atoms with Crippen LogP contribution in [0.1, 0.15) is 31.9 Å². The van der Waals surface area contributed by atoms with Crippen LogP contribution in [0.25, 0.3) is 20.9 Å². The van der Waals surface area contributed by atoms with E-state index in [1.807, 2.05) is 57.2 Å². The molecule has 0 radical (unpaired) electrons. The molecule has 0 aliphatic heterocycles. The Morgan fingerprint density at radius 2 is 1.23 bits per heavy atom. The maximum atomic E-state index is 6.14. The second-order valence-electron chi connectivity index (χ2n) is 7.28. The van der Waals surface area contributed by atoms with Gasteiger partial charge in [-0.1, -0.05) is 12.1 Å². The van der Waals surface area contributed by atoms with Crippen LogP contribution in [0.4, 0.5) is 0 Å². The molecule has 3 aromatic rings. The van der Waals surface area contributed by atoms with E-state index >= 15 is 0 Å². The summed E-state index contributed by atoms with van der Waals surface area (Å²) in [6.07, 6.45) is 0.0652. The standard InChI is InChI=1S/C25H30O4S/c1-8-28-20-13-9-11-18(26-6)22(20)24-16(4)17(5)25(30-24)23-19(27-7)12-10-14-21(23)29-15(2)3/h9-15H,8H2,1-7H3. The minimum absolute atomic E-state index is 0.0652. The zero-order valence-corrected chi connectivity index (χ0v) is 19.6. The average molecular weight is 427 g/mol. The van der Waals surface area contributed by atoms with Crippen LogP contribution >= 0.6 is 11.3 Å². The third-order valence-electron chi connectivity index (χ3n) is 4.98. The van der Waals surface area contributed by atoms with Crippen LogP contribution in [0.15, 0.2) is 36.4 Å². The Labute approximate surface area is 183 Å². The Bertz CT molecular complexity index is 1020. The fourth-order valence-corrected chi connectivity index (χ4v) is 4.93. The number of hydrogen-bond acceptors (Lipinski definition) is 5. The Balaban J connectivity index is 2.27. The van der Waals surface area contributed by atoms with E-state index in [1.165, 1.54) is 11.1 Å². The van der Waals surface area contributed by atoms with Gasteiger partial charge < -0.3 is 18.9 Å². The van der Waals surface area contributed by atoms with Crippen LogP contribution in [0.2, 0.25) is 0 Å². The van der Waals surface area contributed by atoms with Gasteiger partial charge in [0.15, 0.2) is 0 Å². The summed E-state index contributed by atoms with van der Waals surface area (Å²) < 4.78 is 23.5. The molecule has 0 N–H and O–H groups in total. The van der Waals surface area contributed by atoms with Gasteiger partial charge in [-0.15, -0.1) is 11.3 Å². The van der Waals surface area contributed by atoms with Gasteiger partial charge in [0, 0.05) is 9.75 Å². The van der Waals surface area contributed by atoms with Gasteiger partial charge in [-0.3, -0.25) is 0 Å². The SMILES string of the molecule is CCOc1cccc(OC)c1-c1sc(-c2c(OC)cccc2OC(C)C)c(C)c1C. The van der Waals surface area contributed by atoms with Gasteiger partial charge in [-0.2, -0.15) is 0 Å². The van der Waals surface area contributed by atoms with Gasteiger partial charge in [-0.25, -0.2) is 0 Å². The molecule has 0 aliphatic rings. The van der Waals surface area contributed by atoms with Crippen molar-refractivity contribution in [3.8, 4) is 43.9 Å². The van der Waals surface area contributed by atoms with Gasteiger partial charge >= 0.3 is 0 Å². The van der Waals surface area contributed by atoms with E-state index in [0.29, 0.717) is 6.61 Å². The summed E-state index contributed by atoms with van der Waals surface area (Å²) in [5.41, 5.74) is 4.36. The molecule has 0 atom stereocenters. The number of hydrogen-bond donors (Lipinski definition) is 0. The van der Waals surface area contributed by atoms with Crippen molar-refractivity contribution < 1.29 is 18.9 Å². The molecule has 0 bridgehead atoms. The summed E-state index contributed by atoms with van der Waals surface area (Å²) in [6.45, 7) is 10.9. The van der Waals surface area contributed by atoms with Crippen molar-refractivity contribution in [1.29, 1.82) is 0 Å². The van der Waals surface area contributed by atoms with Crippen LogP contribution in [-0.2, 0) is 0 Å². The second kappa shape index (κ2) is 9.43. The normalized spacial score (nSPS) is 10.9. The van der Waals surface area contributed by atoms with Crippen molar-refractivity contribution in [2.45, 2.75) is 40.7 Å². The van der Waals surface area contributed by atoms with Crippen LogP contribution in [-0.4, -0.2) is 26.9 Å². The smallest absolute Gasteiger partial charge is 0.132 e. The number of thiophene rings is 1. The summed E-state index contributed by atoms with van der Waals surface area (Å²) in [6, 6.07) is 11.9. The predicted molar refractivity (Wildman–Crippen MR) is 125 cm³/mol. The van der Waals surface area contributed by atoms with E-state index in [4.69, 9.17) is 18.9 Å². The molecular formula is C25H30O4S. The lowest BCUT2D eigenvalue weighted by molar-refractivity contribution is 0.242. The molecule has 0 spiro atoms. The largest absolute Gasteiger partial charge is 0.496 e. The molecule has 4 nitrogen and oxygen atoms in total. The van der Waals surface area contributed by atoms with Gasteiger partial charge in [0.2, 0.25) is 0 Å². The van der Waals surface area contributed by atoms with E-state index in [0.717, 1.165) is 43.9 Å². The lowest BCUT2D eigenvalue weighted by atomic mass is 10.0. The Kier molecular flexibility index (Phi) is 6.93. The quantitative estimate of drug-likeness (QED) is 0.392. The van der Waals surface area contributed by atoms with Gasteiger partial charge in [0.1, 0.15) is 23.0 Å². The van der Waals surface area contributed by atoms with Crippen molar-refractivity contribution in [3.63, 3.8) is 0 Å². The number of methoxy groups -OCH3 is 2. The molecule has 30 heavy (non-hydrogen) atoms. The third-order valence-corrected chi connectivity index (χ3v) is 6.41. The highest BCUT2D eigenvalue weighted by Gasteiger charge is 2.24. The van der Waals surface area contributed by atoms with E-state index in [-0.39, 0.29) is 6.10 Å². The summed E-state index contributed by atoms with van der Waals surface area (Å²) in [4.78, 5) is 2.26. The van der Waals surface area contributed by atoms with Crippen LogP contribution in [0.3, 0.4) is 0 Å².